The summed E-state index contributed by atoms with van der Waals surface area (Å²) in [5.74, 6) is 0.223. The van der Waals surface area contributed by atoms with Gasteiger partial charge in [-0.25, -0.2) is 0 Å². The van der Waals surface area contributed by atoms with Crippen molar-refractivity contribution >= 4 is 33.4 Å². The number of rotatable bonds is 5. The molecule has 6 aromatic rings. The quantitative estimate of drug-likeness (QED) is 0.280. The van der Waals surface area contributed by atoms with E-state index in [1.165, 1.54) is 0 Å². The average Bonchev–Trinajstić information content (AvgIpc) is 3.55. The molecule has 1 saturated carbocycles. The van der Waals surface area contributed by atoms with Crippen molar-refractivity contribution in [1.82, 2.24) is 25.1 Å². The minimum atomic E-state index is 0.0754. The second-order valence-corrected chi connectivity index (χ2v) is 9.24. The maximum absolute atomic E-state index is 12.2. The van der Waals surface area contributed by atoms with Crippen LogP contribution in [0.5, 0.6) is 0 Å². The number of aromatic amines is 2. The fourth-order valence-electron chi connectivity index (χ4n) is 4.72. The maximum atomic E-state index is 12.2. The van der Waals surface area contributed by atoms with Crippen molar-refractivity contribution in [3.05, 3.63) is 85.5 Å². The topological polar surface area (TPSA) is 99.3 Å². The lowest BCUT2D eigenvalue weighted by Crippen LogP contribution is -2.13. The van der Waals surface area contributed by atoms with Gasteiger partial charge in [0.15, 0.2) is 0 Å². The van der Waals surface area contributed by atoms with Gasteiger partial charge in [0.2, 0.25) is 5.91 Å². The van der Waals surface area contributed by atoms with Crippen LogP contribution in [-0.2, 0) is 4.79 Å². The number of carbonyl (C=O) groups excluding carboxylic acids is 1. The zero-order valence-corrected chi connectivity index (χ0v) is 19.3. The van der Waals surface area contributed by atoms with Gasteiger partial charge in [-0.05, 0) is 72.0 Å². The zero-order chi connectivity index (χ0) is 24.1. The van der Waals surface area contributed by atoms with E-state index in [4.69, 9.17) is 0 Å². The Hall–Kier alpha value is -4.78. The minimum absolute atomic E-state index is 0.0754. The van der Waals surface area contributed by atoms with Gasteiger partial charge in [0.05, 0.1) is 23.1 Å². The molecule has 2 aromatic carbocycles. The summed E-state index contributed by atoms with van der Waals surface area (Å²) in [5.41, 5.74) is 8.74. The van der Waals surface area contributed by atoms with Crippen LogP contribution < -0.4 is 5.32 Å². The number of carbonyl (C=O) groups is 1. The van der Waals surface area contributed by atoms with Crippen molar-refractivity contribution in [2.45, 2.75) is 12.8 Å². The van der Waals surface area contributed by atoms with E-state index >= 15 is 0 Å². The highest BCUT2D eigenvalue weighted by Crippen LogP contribution is 2.35. The number of H-pyrrole nitrogens is 2. The lowest BCUT2D eigenvalue weighted by molar-refractivity contribution is -0.117. The van der Waals surface area contributed by atoms with E-state index in [0.717, 1.165) is 74.0 Å². The van der Waals surface area contributed by atoms with Crippen LogP contribution in [0.2, 0.25) is 0 Å². The standard InChI is InChI=1S/C29H22N6O/c36-29(18-4-5-18)32-21-12-20(15-31-16-21)19-6-7-26-24(13-19)28(35-34-26)27-14-23-22(2-1-3-25(23)33-27)17-8-10-30-11-9-17/h1-3,6-16,18,33H,4-5H2,(H,32,36)(H,34,35). The molecular weight excluding hydrogens is 448 g/mol. The number of aromatic nitrogens is 5. The summed E-state index contributed by atoms with van der Waals surface area (Å²) in [5, 5.41) is 12.9. The first-order valence-electron chi connectivity index (χ1n) is 12.0. The lowest BCUT2D eigenvalue weighted by Gasteiger charge is -2.07. The summed E-state index contributed by atoms with van der Waals surface area (Å²) in [6, 6.07) is 20.6. The summed E-state index contributed by atoms with van der Waals surface area (Å²) in [6.45, 7) is 0. The van der Waals surface area contributed by atoms with Gasteiger partial charge in [-0.3, -0.25) is 19.9 Å². The van der Waals surface area contributed by atoms with Crippen molar-refractivity contribution in [1.29, 1.82) is 0 Å². The van der Waals surface area contributed by atoms with Gasteiger partial charge < -0.3 is 10.3 Å². The van der Waals surface area contributed by atoms with Crippen LogP contribution in [0.25, 0.3) is 55.4 Å². The molecule has 1 fully saturated rings. The number of benzene rings is 2. The van der Waals surface area contributed by atoms with Gasteiger partial charge in [0.25, 0.3) is 0 Å². The number of pyridine rings is 2. The Bertz CT molecular complexity index is 1750. The molecule has 1 aliphatic carbocycles. The van der Waals surface area contributed by atoms with Crippen LogP contribution in [-0.4, -0.2) is 31.1 Å². The Kier molecular flexibility index (Phi) is 4.67. The smallest absolute Gasteiger partial charge is 0.227 e. The SMILES string of the molecule is O=C(Nc1cncc(-c2ccc3[nH]nc(-c4cc5c(-c6ccncc6)cccc5[nH]4)c3c2)c1)C1CC1. The van der Waals surface area contributed by atoms with E-state index in [2.05, 4.69) is 60.8 Å². The molecule has 174 valence electrons. The predicted molar refractivity (Wildman–Crippen MR) is 141 cm³/mol. The van der Waals surface area contributed by atoms with Gasteiger partial charge in [0.1, 0.15) is 5.69 Å². The van der Waals surface area contributed by atoms with Crippen LogP contribution in [0.1, 0.15) is 12.8 Å². The number of amides is 1. The number of nitrogens with zero attached hydrogens (tertiary/aromatic N) is 3. The summed E-state index contributed by atoms with van der Waals surface area (Å²) >= 11 is 0. The molecule has 0 spiro atoms. The molecule has 7 nitrogen and oxygen atoms in total. The number of nitrogens with one attached hydrogen (secondary N) is 3. The van der Waals surface area contributed by atoms with Crippen LogP contribution >= 0.6 is 0 Å². The molecule has 0 atom stereocenters. The lowest BCUT2D eigenvalue weighted by atomic mass is 10.0. The molecule has 36 heavy (non-hydrogen) atoms. The fraction of sp³-hybridized carbons (Fsp3) is 0.103. The molecule has 7 rings (SSSR count). The van der Waals surface area contributed by atoms with Crippen molar-refractivity contribution < 1.29 is 4.79 Å². The summed E-state index contributed by atoms with van der Waals surface area (Å²) in [4.78, 5) is 24.3. The Morgan fingerprint density at radius 3 is 2.58 bits per heavy atom. The van der Waals surface area contributed by atoms with Crippen molar-refractivity contribution in [2.24, 2.45) is 5.92 Å². The van der Waals surface area contributed by atoms with Crippen molar-refractivity contribution in [2.75, 3.05) is 5.32 Å². The molecule has 0 aliphatic heterocycles. The Morgan fingerprint density at radius 1 is 0.833 bits per heavy atom. The minimum Gasteiger partial charge on any atom is -0.353 e. The van der Waals surface area contributed by atoms with Crippen LogP contribution in [0.3, 0.4) is 0 Å². The number of anilines is 1. The maximum Gasteiger partial charge on any atom is 0.227 e. The Balaban J connectivity index is 1.28. The first kappa shape index (κ1) is 20.6. The van der Waals surface area contributed by atoms with Crippen molar-refractivity contribution in [3.63, 3.8) is 0 Å². The molecule has 4 heterocycles. The molecule has 0 radical (unpaired) electrons. The Labute approximate surface area is 206 Å². The molecular formula is C29H22N6O. The first-order chi connectivity index (χ1) is 17.7. The monoisotopic (exact) mass is 470 g/mol. The van der Waals surface area contributed by atoms with Crippen LogP contribution in [0.4, 0.5) is 5.69 Å². The summed E-state index contributed by atoms with van der Waals surface area (Å²) in [7, 11) is 0. The number of hydrogen-bond donors (Lipinski definition) is 3. The van der Waals surface area contributed by atoms with E-state index in [9.17, 15) is 4.79 Å². The highest BCUT2D eigenvalue weighted by molar-refractivity contribution is 6.02. The third-order valence-electron chi connectivity index (χ3n) is 6.76. The first-order valence-corrected chi connectivity index (χ1v) is 12.0. The van der Waals surface area contributed by atoms with Gasteiger partial charge in [-0.15, -0.1) is 0 Å². The van der Waals surface area contributed by atoms with Gasteiger partial charge >= 0.3 is 0 Å². The molecule has 0 saturated heterocycles. The number of fused-ring (bicyclic) bond motifs is 2. The fourth-order valence-corrected chi connectivity index (χ4v) is 4.72. The van der Waals surface area contributed by atoms with E-state index in [0.29, 0.717) is 0 Å². The zero-order valence-electron chi connectivity index (χ0n) is 19.3. The van der Waals surface area contributed by atoms with E-state index in [-0.39, 0.29) is 11.8 Å². The third-order valence-corrected chi connectivity index (χ3v) is 6.76. The molecule has 4 aromatic heterocycles. The second-order valence-electron chi connectivity index (χ2n) is 9.24. The molecule has 7 heteroatoms. The molecule has 3 N–H and O–H groups in total. The Morgan fingerprint density at radius 2 is 1.72 bits per heavy atom. The normalized spacial score (nSPS) is 13.3. The van der Waals surface area contributed by atoms with Crippen LogP contribution in [0.15, 0.2) is 85.5 Å². The number of hydrogen-bond acceptors (Lipinski definition) is 4. The van der Waals surface area contributed by atoms with Gasteiger partial charge in [-0.1, -0.05) is 18.2 Å². The van der Waals surface area contributed by atoms with Gasteiger partial charge in [0, 0.05) is 46.4 Å². The average molecular weight is 471 g/mol. The second kappa shape index (κ2) is 8.16. The molecule has 1 amide bonds. The van der Waals surface area contributed by atoms with E-state index in [1.54, 1.807) is 6.20 Å². The molecule has 0 unspecified atom stereocenters. The van der Waals surface area contributed by atoms with Gasteiger partial charge in [-0.2, -0.15) is 5.10 Å². The summed E-state index contributed by atoms with van der Waals surface area (Å²) in [6.07, 6.45) is 9.07. The summed E-state index contributed by atoms with van der Waals surface area (Å²) < 4.78 is 0. The predicted octanol–water partition coefficient (Wildman–Crippen LogP) is 6.18. The molecule has 1 aliphatic rings. The van der Waals surface area contributed by atoms with Crippen LogP contribution in [0, 0.1) is 5.92 Å². The highest BCUT2D eigenvalue weighted by Gasteiger charge is 2.29. The largest absolute Gasteiger partial charge is 0.353 e. The van der Waals surface area contributed by atoms with E-state index < -0.39 is 0 Å². The van der Waals surface area contributed by atoms with E-state index in [1.807, 2.05) is 48.9 Å². The highest BCUT2D eigenvalue weighted by atomic mass is 16.2. The third kappa shape index (κ3) is 3.62. The van der Waals surface area contributed by atoms with Crippen molar-refractivity contribution in [3.8, 4) is 33.6 Å². The molecule has 0 bridgehead atoms.